The van der Waals surface area contributed by atoms with Crippen molar-refractivity contribution in [1.82, 2.24) is 5.32 Å². The molecule has 0 saturated heterocycles. The molecule has 0 aromatic rings. The van der Waals surface area contributed by atoms with Gasteiger partial charge in [0.15, 0.2) is 0 Å². The van der Waals surface area contributed by atoms with Crippen LogP contribution in [0.25, 0.3) is 0 Å². The van der Waals surface area contributed by atoms with E-state index in [0.29, 0.717) is 26.4 Å². The first-order valence-electron chi connectivity index (χ1n) is 6.69. The number of nitrogens with one attached hydrogen (secondary N) is 1. The SMILES string of the molecule is CCNC(C)(CO)CCOCCOCCCOC. The Balaban J connectivity index is 3.33. The molecule has 1 atom stereocenters. The molecule has 0 aromatic heterocycles. The molecule has 0 rings (SSSR count). The summed E-state index contributed by atoms with van der Waals surface area (Å²) in [4.78, 5) is 0. The molecule has 5 heteroatoms. The molecule has 0 saturated carbocycles. The number of aliphatic hydroxyl groups is 1. The smallest absolute Gasteiger partial charge is 0.0700 e. The summed E-state index contributed by atoms with van der Waals surface area (Å²) in [6.07, 6.45) is 1.71. The largest absolute Gasteiger partial charge is 0.394 e. The van der Waals surface area contributed by atoms with Crippen molar-refractivity contribution in [3.05, 3.63) is 0 Å². The van der Waals surface area contributed by atoms with E-state index in [1.807, 2.05) is 13.8 Å². The highest BCUT2D eigenvalue weighted by Gasteiger charge is 2.20. The van der Waals surface area contributed by atoms with Crippen molar-refractivity contribution < 1.29 is 19.3 Å². The first-order valence-corrected chi connectivity index (χ1v) is 6.69. The monoisotopic (exact) mass is 263 g/mol. The molecule has 0 amide bonds. The second-order valence-electron chi connectivity index (χ2n) is 4.57. The molecule has 0 radical (unpaired) electrons. The fourth-order valence-corrected chi connectivity index (χ4v) is 1.57. The zero-order valence-corrected chi connectivity index (χ0v) is 12.0. The molecule has 0 aromatic carbocycles. The molecule has 0 aliphatic rings. The molecule has 0 heterocycles. The van der Waals surface area contributed by atoms with E-state index in [1.165, 1.54) is 0 Å². The van der Waals surface area contributed by atoms with Crippen molar-refractivity contribution in [3.8, 4) is 0 Å². The lowest BCUT2D eigenvalue weighted by atomic mass is 10.00. The van der Waals surface area contributed by atoms with Crippen molar-refractivity contribution in [2.24, 2.45) is 0 Å². The summed E-state index contributed by atoms with van der Waals surface area (Å²) in [6, 6.07) is 0. The van der Waals surface area contributed by atoms with Crippen LogP contribution in [0.2, 0.25) is 0 Å². The average Bonchev–Trinajstić information content (AvgIpc) is 2.37. The van der Waals surface area contributed by atoms with E-state index in [0.717, 1.165) is 26.0 Å². The number of methoxy groups -OCH3 is 1. The fourth-order valence-electron chi connectivity index (χ4n) is 1.57. The Morgan fingerprint density at radius 3 is 2.28 bits per heavy atom. The number of hydrogen-bond acceptors (Lipinski definition) is 5. The van der Waals surface area contributed by atoms with Gasteiger partial charge in [-0.25, -0.2) is 0 Å². The van der Waals surface area contributed by atoms with Gasteiger partial charge in [0.25, 0.3) is 0 Å². The van der Waals surface area contributed by atoms with Gasteiger partial charge in [-0.1, -0.05) is 6.92 Å². The van der Waals surface area contributed by atoms with Crippen LogP contribution >= 0.6 is 0 Å². The normalized spacial score (nSPS) is 14.7. The number of ether oxygens (including phenoxy) is 3. The molecule has 5 nitrogen and oxygen atoms in total. The zero-order chi connectivity index (χ0) is 13.7. The number of rotatable bonds is 13. The summed E-state index contributed by atoms with van der Waals surface area (Å²) in [5, 5.41) is 12.5. The topological polar surface area (TPSA) is 60.0 Å². The van der Waals surface area contributed by atoms with Crippen molar-refractivity contribution in [2.75, 3.05) is 53.3 Å². The van der Waals surface area contributed by atoms with Gasteiger partial charge in [0.1, 0.15) is 0 Å². The van der Waals surface area contributed by atoms with Crippen LogP contribution in [-0.4, -0.2) is 63.9 Å². The van der Waals surface area contributed by atoms with Crippen molar-refractivity contribution >= 4 is 0 Å². The van der Waals surface area contributed by atoms with Crippen LogP contribution in [0.4, 0.5) is 0 Å². The standard InChI is InChI=1S/C13H29NO4/c1-4-14-13(2,12-15)6-9-18-11-10-17-8-5-7-16-3/h14-15H,4-12H2,1-3H3. The molecule has 0 bridgehead atoms. The van der Waals surface area contributed by atoms with Gasteiger partial charge in [-0.05, 0) is 26.3 Å². The summed E-state index contributed by atoms with van der Waals surface area (Å²) in [5.41, 5.74) is -0.242. The lowest BCUT2D eigenvalue weighted by Crippen LogP contribution is -2.46. The average molecular weight is 263 g/mol. The van der Waals surface area contributed by atoms with Gasteiger partial charge in [0.05, 0.1) is 19.8 Å². The van der Waals surface area contributed by atoms with E-state index < -0.39 is 0 Å². The molecular weight excluding hydrogens is 234 g/mol. The molecule has 0 aliphatic carbocycles. The predicted molar refractivity (Wildman–Crippen MR) is 71.9 cm³/mol. The number of hydrogen-bond donors (Lipinski definition) is 2. The van der Waals surface area contributed by atoms with Gasteiger partial charge in [0, 0.05) is 32.5 Å². The summed E-state index contributed by atoms with van der Waals surface area (Å²) < 4.78 is 15.8. The van der Waals surface area contributed by atoms with Gasteiger partial charge < -0.3 is 24.6 Å². The Morgan fingerprint density at radius 2 is 1.72 bits per heavy atom. The third-order valence-electron chi connectivity index (χ3n) is 2.76. The molecule has 110 valence electrons. The molecule has 0 spiro atoms. The van der Waals surface area contributed by atoms with E-state index in [1.54, 1.807) is 7.11 Å². The van der Waals surface area contributed by atoms with Crippen LogP contribution in [-0.2, 0) is 14.2 Å². The minimum absolute atomic E-state index is 0.123. The highest BCUT2D eigenvalue weighted by atomic mass is 16.5. The lowest BCUT2D eigenvalue weighted by Gasteiger charge is -2.28. The van der Waals surface area contributed by atoms with Crippen LogP contribution in [0.3, 0.4) is 0 Å². The lowest BCUT2D eigenvalue weighted by molar-refractivity contribution is 0.0289. The van der Waals surface area contributed by atoms with Crippen molar-refractivity contribution in [3.63, 3.8) is 0 Å². The Labute approximate surface area is 111 Å². The van der Waals surface area contributed by atoms with Crippen LogP contribution in [0.5, 0.6) is 0 Å². The van der Waals surface area contributed by atoms with Gasteiger partial charge in [-0.15, -0.1) is 0 Å². The first-order chi connectivity index (χ1) is 8.68. The highest BCUT2D eigenvalue weighted by molar-refractivity contribution is 4.81. The Bertz CT molecular complexity index is 180. The Morgan fingerprint density at radius 1 is 1.06 bits per heavy atom. The van der Waals surface area contributed by atoms with E-state index >= 15 is 0 Å². The maximum Gasteiger partial charge on any atom is 0.0700 e. The van der Waals surface area contributed by atoms with Crippen LogP contribution in [0, 0.1) is 0 Å². The number of aliphatic hydroxyl groups excluding tert-OH is 1. The van der Waals surface area contributed by atoms with Crippen molar-refractivity contribution in [2.45, 2.75) is 32.2 Å². The third-order valence-corrected chi connectivity index (χ3v) is 2.76. The zero-order valence-electron chi connectivity index (χ0n) is 12.0. The van der Waals surface area contributed by atoms with E-state index in [2.05, 4.69) is 5.32 Å². The fraction of sp³-hybridized carbons (Fsp3) is 1.00. The Kier molecular flexibility index (Phi) is 11.7. The first kappa shape index (κ1) is 17.8. The minimum Gasteiger partial charge on any atom is -0.394 e. The van der Waals surface area contributed by atoms with Crippen LogP contribution < -0.4 is 5.32 Å². The van der Waals surface area contributed by atoms with E-state index in [4.69, 9.17) is 14.2 Å². The van der Waals surface area contributed by atoms with Gasteiger partial charge in [-0.2, -0.15) is 0 Å². The quantitative estimate of drug-likeness (QED) is 0.482. The third kappa shape index (κ3) is 9.79. The second kappa shape index (κ2) is 11.9. The van der Waals surface area contributed by atoms with Crippen LogP contribution in [0.15, 0.2) is 0 Å². The molecule has 18 heavy (non-hydrogen) atoms. The minimum atomic E-state index is -0.242. The van der Waals surface area contributed by atoms with Crippen LogP contribution in [0.1, 0.15) is 26.7 Å². The summed E-state index contributed by atoms with van der Waals surface area (Å²) in [7, 11) is 1.69. The number of likely N-dealkylation sites (N-methyl/N-ethyl adjacent to an activating group) is 1. The molecular formula is C13H29NO4. The highest BCUT2D eigenvalue weighted by Crippen LogP contribution is 2.08. The maximum absolute atomic E-state index is 9.28. The molecule has 2 N–H and O–H groups in total. The van der Waals surface area contributed by atoms with E-state index in [-0.39, 0.29) is 12.1 Å². The van der Waals surface area contributed by atoms with Gasteiger partial charge >= 0.3 is 0 Å². The molecule has 0 fully saturated rings. The summed E-state index contributed by atoms with van der Waals surface area (Å²) in [5.74, 6) is 0. The summed E-state index contributed by atoms with van der Waals surface area (Å²) >= 11 is 0. The van der Waals surface area contributed by atoms with Crippen molar-refractivity contribution in [1.29, 1.82) is 0 Å². The maximum atomic E-state index is 9.28. The molecule has 1 unspecified atom stereocenters. The molecule has 0 aliphatic heterocycles. The Hall–Kier alpha value is -0.200. The second-order valence-corrected chi connectivity index (χ2v) is 4.57. The predicted octanol–water partition coefficient (Wildman–Crippen LogP) is 0.807. The van der Waals surface area contributed by atoms with E-state index in [9.17, 15) is 5.11 Å². The summed E-state index contributed by atoms with van der Waals surface area (Å²) in [6.45, 7) is 8.29. The van der Waals surface area contributed by atoms with Gasteiger partial charge in [-0.3, -0.25) is 0 Å². The van der Waals surface area contributed by atoms with Gasteiger partial charge in [0.2, 0.25) is 0 Å².